The molecule has 2 N–H and O–H groups in total. The predicted octanol–water partition coefficient (Wildman–Crippen LogP) is 2.36. The van der Waals surface area contributed by atoms with Crippen molar-refractivity contribution in [2.75, 3.05) is 13.6 Å². The van der Waals surface area contributed by atoms with Gasteiger partial charge in [-0.05, 0) is 43.5 Å². The van der Waals surface area contributed by atoms with Crippen LogP contribution < -0.4 is 10.6 Å². The largest absolute Gasteiger partial charge is 0.348 e. The van der Waals surface area contributed by atoms with Gasteiger partial charge in [0, 0.05) is 5.56 Å². The van der Waals surface area contributed by atoms with Crippen molar-refractivity contribution in [3.05, 3.63) is 47.5 Å². The lowest BCUT2D eigenvalue weighted by Crippen LogP contribution is -2.39. The molecule has 1 aliphatic carbocycles. The van der Waals surface area contributed by atoms with E-state index < -0.39 is 0 Å². The fourth-order valence-electron chi connectivity index (χ4n) is 3.41. The van der Waals surface area contributed by atoms with Crippen molar-refractivity contribution in [3.63, 3.8) is 0 Å². The molecule has 1 amide bonds. The molecule has 0 aliphatic heterocycles. The Hall–Kier alpha value is -2.21. The average Bonchev–Trinajstić information content (AvgIpc) is 2.89. The van der Waals surface area contributed by atoms with Gasteiger partial charge in [-0.3, -0.25) is 4.79 Å². The molecule has 0 fully saturated rings. The van der Waals surface area contributed by atoms with Crippen LogP contribution in [0.3, 0.4) is 0 Å². The third kappa shape index (κ3) is 3.33. The number of nitrogens with zero attached hydrogens (tertiary/aromatic N) is 2. The van der Waals surface area contributed by atoms with Crippen molar-refractivity contribution in [1.29, 1.82) is 0 Å². The number of hydrogen-bond acceptors (Lipinski definition) is 3. The molecule has 2 aromatic rings. The van der Waals surface area contributed by atoms with Gasteiger partial charge >= 0.3 is 0 Å². The molecule has 0 spiro atoms. The van der Waals surface area contributed by atoms with Gasteiger partial charge in [0.2, 0.25) is 5.91 Å². The highest BCUT2D eigenvalue weighted by molar-refractivity contribution is 5.78. The summed E-state index contributed by atoms with van der Waals surface area (Å²) in [6.45, 7) is 4.64. The SMILES string of the molecule is CNCC(=O)N[C@@H]1CC(C)(C)Cc2c1cnn2-c1cccc(F)c1. The van der Waals surface area contributed by atoms with E-state index in [-0.39, 0.29) is 29.7 Å². The molecule has 0 saturated heterocycles. The first-order valence-electron chi connectivity index (χ1n) is 8.16. The van der Waals surface area contributed by atoms with E-state index in [1.165, 1.54) is 12.1 Å². The summed E-state index contributed by atoms with van der Waals surface area (Å²) in [5.74, 6) is -0.324. The number of amides is 1. The number of halogens is 1. The Morgan fingerprint density at radius 1 is 1.46 bits per heavy atom. The van der Waals surface area contributed by atoms with Gasteiger partial charge in [0.1, 0.15) is 5.82 Å². The smallest absolute Gasteiger partial charge is 0.234 e. The van der Waals surface area contributed by atoms with E-state index in [0.717, 1.165) is 24.1 Å². The van der Waals surface area contributed by atoms with E-state index in [4.69, 9.17) is 0 Å². The molecular formula is C18H23FN4O. The van der Waals surface area contributed by atoms with E-state index in [9.17, 15) is 9.18 Å². The lowest BCUT2D eigenvalue weighted by molar-refractivity contribution is -0.121. The summed E-state index contributed by atoms with van der Waals surface area (Å²) in [5.41, 5.74) is 2.78. The van der Waals surface area contributed by atoms with Gasteiger partial charge in [-0.25, -0.2) is 9.07 Å². The fourth-order valence-corrected chi connectivity index (χ4v) is 3.41. The second-order valence-corrected chi connectivity index (χ2v) is 7.13. The Morgan fingerprint density at radius 3 is 2.96 bits per heavy atom. The minimum absolute atomic E-state index is 0.0235. The Bertz CT molecular complexity index is 753. The van der Waals surface area contributed by atoms with Crippen LogP contribution in [0.25, 0.3) is 5.69 Å². The third-order valence-corrected chi connectivity index (χ3v) is 4.40. The summed E-state index contributed by atoms with van der Waals surface area (Å²) in [6.07, 6.45) is 3.47. The molecule has 1 aliphatic rings. The highest BCUT2D eigenvalue weighted by Gasteiger charge is 2.35. The van der Waals surface area contributed by atoms with Crippen LogP contribution in [0.15, 0.2) is 30.5 Å². The highest BCUT2D eigenvalue weighted by Crippen LogP contribution is 2.41. The van der Waals surface area contributed by atoms with E-state index in [1.807, 2.05) is 6.07 Å². The molecule has 0 saturated carbocycles. The number of carbonyl (C=O) groups excluding carboxylic acids is 1. The van der Waals surface area contributed by atoms with E-state index in [2.05, 4.69) is 29.6 Å². The number of hydrogen-bond donors (Lipinski definition) is 2. The van der Waals surface area contributed by atoms with Gasteiger partial charge in [-0.1, -0.05) is 19.9 Å². The van der Waals surface area contributed by atoms with Crippen LogP contribution in [-0.4, -0.2) is 29.3 Å². The minimum atomic E-state index is -0.286. The zero-order valence-corrected chi connectivity index (χ0v) is 14.3. The highest BCUT2D eigenvalue weighted by atomic mass is 19.1. The zero-order chi connectivity index (χ0) is 17.3. The standard InChI is InChI=1S/C18H23FN4O/c1-18(2)8-15(22-17(24)11-20-3)14-10-21-23(16(14)9-18)13-6-4-5-12(19)7-13/h4-7,10,15,20H,8-9,11H2,1-3H3,(H,22,24)/t15-/m1/s1. The van der Waals surface area contributed by atoms with Crippen molar-refractivity contribution in [2.45, 2.75) is 32.7 Å². The summed E-state index contributed by atoms with van der Waals surface area (Å²) in [6, 6.07) is 6.34. The summed E-state index contributed by atoms with van der Waals surface area (Å²) in [7, 11) is 1.75. The van der Waals surface area contributed by atoms with Crippen molar-refractivity contribution < 1.29 is 9.18 Å². The first-order chi connectivity index (χ1) is 11.4. The second-order valence-electron chi connectivity index (χ2n) is 7.13. The quantitative estimate of drug-likeness (QED) is 0.905. The van der Waals surface area contributed by atoms with Crippen LogP contribution in [0.4, 0.5) is 4.39 Å². The van der Waals surface area contributed by atoms with Crippen molar-refractivity contribution in [1.82, 2.24) is 20.4 Å². The maximum absolute atomic E-state index is 13.6. The fraction of sp³-hybridized carbons (Fsp3) is 0.444. The van der Waals surface area contributed by atoms with Crippen LogP contribution in [0.1, 0.15) is 37.6 Å². The molecular weight excluding hydrogens is 307 g/mol. The molecule has 1 heterocycles. The number of aromatic nitrogens is 2. The van der Waals surface area contributed by atoms with Gasteiger partial charge in [0.05, 0.1) is 30.2 Å². The minimum Gasteiger partial charge on any atom is -0.348 e. The number of likely N-dealkylation sites (N-methyl/N-ethyl adjacent to an activating group) is 1. The monoisotopic (exact) mass is 330 g/mol. The second kappa shape index (κ2) is 6.36. The van der Waals surface area contributed by atoms with E-state index in [1.54, 1.807) is 24.0 Å². The lowest BCUT2D eigenvalue weighted by Gasteiger charge is -2.36. The van der Waals surface area contributed by atoms with E-state index >= 15 is 0 Å². The van der Waals surface area contributed by atoms with Crippen LogP contribution in [0.2, 0.25) is 0 Å². The zero-order valence-electron chi connectivity index (χ0n) is 14.3. The topological polar surface area (TPSA) is 59.0 Å². The third-order valence-electron chi connectivity index (χ3n) is 4.40. The average molecular weight is 330 g/mol. The summed E-state index contributed by atoms with van der Waals surface area (Å²) in [5, 5.41) is 10.4. The molecule has 6 heteroatoms. The molecule has 3 rings (SSSR count). The number of benzene rings is 1. The van der Waals surface area contributed by atoms with E-state index in [0.29, 0.717) is 5.69 Å². The summed E-state index contributed by atoms with van der Waals surface area (Å²) >= 11 is 0. The molecule has 0 radical (unpaired) electrons. The Balaban J connectivity index is 1.98. The predicted molar refractivity (Wildman–Crippen MR) is 90.4 cm³/mol. The first kappa shape index (κ1) is 16.6. The van der Waals surface area contributed by atoms with Crippen molar-refractivity contribution in [3.8, 4) is 5.69 Å². The normalized spacial score (nSPS) is 18.9. The lowest BCUT2D eigenvalue weighted by atomic mass is 9.74. The maximum atomic E-state index is 13.6. The van der Waals surface area contributed by atoms with Gasteiger partial charge in [0.15, 0.2) is 0 Å². The number of nitrogens with one attached hydrogen (secondary N) is 2. The van der Waals surface area contributed by atoms with Gasteiger partial charge in [-0.2, -0.15) is 5.10 Å². The molecule has 0 unspecified atom stereocenters. The first-order valence-corrected chi connectivity index (χ1v) is 8.16. The number of carbonyl (C=O) groups is 1. The molecule has 128 valence electrons. The molecule has 1 aromatic heterocycles. The number of fused-ring (bicyclic) bond motifs is 1. The summed E-state index contributed by atoms with van der Waals surface area (Å²) < 4.78 is 15.4. The maximum Gasteiger partial charge on any atom is 0.234 e. The molecule has 1 aromatic carbocycles. The Kier molecular flexibility index (Phi) is 4.41. The van der Waals surface area contributed by atoms with Crippen LogP contribution >= 0.6 is 0 Å². The Morgan fingerprint density at radius 2 is 2.25 bits per heavy atom. The molecule has 24 heavy (non-hydrogen) atoms. The molecule has 1 atom stereocenters. The van der Waals surface area contributed by atoms with Crippen LogP contribution in [0.5, 0.6) is 0 Å². The van der Waals surface area contributed by atoms with Crippen LogP contribution in [0, 0.1) is 11.2 Å². The van der Waals surface area contributed by atoms with Gasteiger partial charge in [-0.15, -0.1) is 0 Å². The molecule has 0 bridgehead atoms. The summed E-state index contributed by atoms with van der Waals surface area (Å²) in [4.78, 5) is 12.0. The molecule has 5 nitrogen and oxygen atoms in total. The van der Waals surface area contributed by atoms with Gasteiger partial charge < -0.3 is 10.6 Å². The van der Waals surface area contributed by atoms with Crippen LogP contribution in [-0.2, 0) is 11.2 Å². The van der Waals surface area contributed by atoms with Crippen molar-refractivity contribution >= 4 is 5.91 Å². The van der Waals surface area contributed by atoms with Gasteiger partial charge in [0.25, 0.3) is 0 Å². The Labute approximate surface area is 141 Å². The number of rotatable bonds is 4. The van der Waals surface area contributed by atoms with Crippen molar-refractivity contribution in [2.24, 2.45) is 5.41 Å².